The second-order valence-corrected chi connectivity index (χ2v) is 22.0. The fourth-order valence-corrected chi connectivity index (χ4v) is 16.4. The SMILES string of the molecule is C[C@@H]1CC2=CC(=O)CC[C@@H]2C2C1C1CC[C@H](OC(=O)CCC(=O)NCCCCC(=O)O[C@@H]3CCC4C5C([C@H](C)C[C@]43C)[C@]3(C)CCC(=O)C=C3C[C@@H]5C)[C@@]1(C)C[C@@H]2C. The maximum absolute atomic E-state index is 13.2. The van der Waals surface area contributed by atoms with Crippen LogP contribution >= 0.6 is 0 Å². The van der Waals surface area contributed by atoms with Gasteiger partial charge in [0.15, 0.2) is 11.6 Å². The molecule has 0 aromatic rings. The minimum Gasteiger partial charge on any atom is -0.462 e. The second-order valence-electron chi connectivity index (χ2n) is 22.0. The van der Waals surface area contributed by atoms with E-state index in [2.05, 4.69) is 53.8 Å². The Morgan fingerprint density at radius 1 is 0.672 bits per heavy atom. The number of hydrogen-bond acceptors (Lipinski definition) is 7. The van der Waals surface area contributed by atoms with Crippen LogP contribution < -0.4 is 5.32 Å². The van der Waals surface area contributed by atoms with Crippen molar-refractivity contribution in [1.82, 2.24) is 5.32 Å². The number of nitrogens with one attached hydrogen (secondary N) is 1. The second kappa shape index (κ2) is 15.9. The van der Waals surface area contributed by atoms with E-state index in [0.29, 0.717) is 115 Å². The molecule has 0 aromatic heterocycles. The molecule has 1 N–H and O–H groups in total. The fraction of sp³-hybridized carbons (Fsp3) is 0.820. The van der Waals surface area contributed by atoms with Gasteiger partial charge in [0.05, 0.1) is 6.42 Å². The molecule has 6 unspecified atom stereocenters. The Hall–Kier alpha value is -2.77. The first-order valence-electron chi connectivity index (χ1n) is 23.7. The van der Waals surface area contributed by atoms with Gasteiger partial charge >= 0.3 is 11.9 Å². The monoisotopic (exact) mass is 800 g/mol. The highest BCUT2D eigenvalue weighted by atomic mass is 16.5. The van der Waals surface area contributed by atoms with E-state index in [9.17, 15) is 24.0 Å². The van der Waals surface area contributed by atoms with Crippen molar-refractivity contribution >= 4 is 29.4 Å². The number of fused-ring (bicyclic) bond motifs is 10. The zero-order valence-electron chi connectivity index (χ0n) is 36.7. The zero-order valence-corrected chi connectivity index (χ0v) is 36.7. The highest BCUT2D eigenvalue weighted by molar-refractivity contribution is 5.92. The summed E-state index contributed by atoms with van der Waals surface area (Å²) >= 11 is 0. The lowest BCUT2D eigenvalue weighted by atomic mass is 9.43. The summed E-state index contributed by atoms with van der Waals surface area (Å²) in [6.45, 7) is 17.2. The first-order valence-corrected chi connectivity index (χ1v) is 23.7. The van der Waals surface area contributed by atoms with Crippen molar-refractivity contribution in [2.75, 3.05) is 6.54 Å². The number of carbonyl (C=O) groups excluding carboxylic acids is 5. The molecule has 0 spiro atoms. The maximum atomic E-state index is 13.2. The van der Waals surface area contributed by atoms with E-state index in [-0.39, 0.29) is 59.1 Å². The summed E-state index contributed by atoms with van der Waals surface area (Å²) in [4.78, 5) is 63.7. The van der Waals surface area contributed by atoms with E-state index in [1.54, 1.807) is 0 Å². The van der Waals surface area contributed by atoms with E-state index in [4.69, 9.17) is 9.47 Å². The Balaban J connectivity index is 0.752. The number of rotatable bonds is 10. The summed E-state index contributed by atoms with van der Waals surface area (Å²) in [5, 5.41) is 2.96. The van der Waals surface area contributed by atoms with Crippen molar-refractivity contribution in [3.8, 4) is 0 Å². The lowest BCUT2D eigenvalue weighted by molar-refractivity contribution is -0.166. The number of ketones is 2. The molecule has 8 aliphatic carbocycles. The van der Waals surface area contributed by atoms with E-state index in [1.807, 2.05) is 12.2 Å². The van der Waals surface area contributed by atoms with E-state index < -0.39 is 0 Å². The molecule has 16 atom stereocenters. The predicted molar refractivity (Wildman–Crippen MR) is 223 cm³/mol. The molecular formula is C50H73NO7. The number of esters is 2. The van der Waals surface area contributed by atoms with Gasteiger partial charge in [0.2, 0.25) is 5.91 Å². The van der Waals surface area contributed by atoms with Crippen molar-refractivity contribution in [3.63, 3.8) is 0 Å². The summed E-state index contributed by atoms with van der Waals surface area (Å²) in [7, 11) is 0. The minimum absolute atomic E-state index is 0.0226. The summed E-state index contributed by atoms with van der Waals surface area (Å²) in [6, 6.07) is 0. The Kier molecular flexibility index (Phi) is 11.5. The predicted octanol–water partition coefficient (Wildman–Crippen LogP) is 9.53. The number of amides is 1. The molecule has 0 bridgehead atoms. The van der Waals surface area contributed by atoms with E-state index in [1.165, 1.54) is 11.1 Å². The topological polar surface area (TPSA) is 116 Å². The average Bonchev–Trinajstić information content (AvgIpc) is 3.65. The first-order chi connectivity index (χ1) is 27.5. The third-order valence-corrected chi connectivity index (χ3v) is 18.6. The Labute approximate surface area is 348 Å². The smallest absolute Gasteiger partial charge is 0.306 e. The molecule has 8 nitrogen and oxygen atoms in total. The van der Waals surface area contributed by atoms with Crippen LogP contribution in [0.15, 0.2) is 23.3 Å². The number of ether oxygens (including phenoxy) is 2. The standard InChI is InChI=1S/C50H73NO7/c1-28-22-32-24-34(52)11-12-36(32)44-30(3)26-49(6)37(45(28)44)13-15-39(49)58-43(56)18-17-41(54)51-21-9-8-10-42(55)57-40-16-14-38-46-29(2)23-33-25-35(53)19-20-48(33,5)47(46)31(4)27-50(38,40)7/h24-25,28-31,36-40,44-47H,8-23,26-27H2,1-7H3,(H,51,54)/t28-,29+,30+,31-,36+,37?,38?,39+,40-,44?,45?,46?,47?,48-,49+,50-/m1/s1. The quantitative estimate of drug-likeness (QED) is 0.173. The van der Waals surface area contributed by atoms with Crippen LogP contribution in [0.5, 0.6) is 0 Å². The molecule has 1 amide bonds. The van der Waals surface area contributed by atoms with Crippen LogP contribution in [0.4, 0.5) is 0 Å². The molecule has 0 radical (unpaired) electrons. The largest absolute Gasteiger partial charge is 0.462 e. The summed E-state index contributed by atoms with van der Waals surface area (Å²) in [5.41, 5.74) is 2.81. The van der Waals surface area contributed by atoms with Crippen LogP contribution in [0.1, 0.15) is 158 Å². The van der Waals surface area contributed by atoms with Crippen LogP contribution in [0.25, 0.3) is 0 Å². The van der Waals surface area contributed by atoms with Gasteiger partial charge in [-0.25, -0.2) is 0 Å². The number of carbonyl (C=O) groups is 5. The maximum Gasteiger partial charge on any atom is 0.306 e. The molecule has 6 fully saturated rings. The molecule has 0 saturated heterocycles. The summed E-state index contributed by atoms with van der Waals surface area (Å²) in [6.07, 6.45) is 17.1. The van der Waals surface area contributed by atoms with Crippen molar-refractivity contribution in [3.05, 3.63) is 23.3 Å². The number of hydrogen-bond donors (Lipinski definition) is 1. The normalized spacial score (nSPS) is 45.3. The summed E-state index contributed by atoms with van der Waals surface area (Å²) in [5.74, 6) is 6.02. The lowest BCUT2D eigenvalue weighted by Gasteiger charge is -2.62. The molecular weight excluding hydrogens is 727 g/mol. The van der Waals surface area contributed by atoms with Gasteiger partial charge in [0.1, 0.15) is 12.2 Å². The van der Waals surface area contributed by atoms with Crippen LogP contribution in [0.2, 0.25) is 0 Å². The molecule has 6 saturated carbocycles. The Morgan fingerprint density at radius 2 is 1.29 bits per heavy atom. The van der Waals surface area contributed by atoms with Crippen molar-refractivity contribution in [1.29, 1.82) is 0 Å². The molecule has 0 heterocycles. The molecule has 0 aromatic carbocycles. The van der Waals surface area contributed by atoms with Crippen LogP contribution in [0.3, 0.4) is 0 Å². The van der Waals surface area contributed by atoms with Gasteiger partial charge in [-0.15, -0.1) is 0 Å². The van der Waals surface area contributed by atoms with E-state index in [0.717, 1.165) is 64.2 Å². The van der Waals surface area contributed by atoms with E-state index >= 15 is 0 Å². The van der Waals surface area contributed by atoms with Crippen LogP contribution in [-0.2, 0) is 33.4 Å². The Morgan fingerprint density at radius 3 is 2.00 bits per heavy atom. The lowest BCUT2D eigenvalue weighted by Crippen LogP contribution is -2.57. The number of allylic oxidation sites excluding steroid dienone is 2. The summed E-state index contributed by atoms with van der Waals surface area (Å²) < 4.78 is 12.5. The van der Waals surface area contributed by atoms with Crippen molar-refractivity contribution in [2.24, 2.45) is 81.3 Å². The van der Waals surface area contributed by atoms with Gasteiger partial charge < -0.3 is 14.8 Å². The molecule has 8 rings (SSSR count). The first kappa shape index (κ1) is 41.9. The fourth-order valence-electron chi connectivity index (χ4n) is 16.4. The molecule has 320 valence electrons. The van der Waals surface area contributed by atoms with Gasteiger partial charge in [0.25, 0.3) is 0 Å². The highest BCUT2D eigenvalue weighted by Gasteiger charge is 2.64. The molecule has 8 heteroatoms. The van der Waals surface area contributed by atoms with Crippen LogP contribution in [0, 0.1) is 81.3 Å². The Bertz CT molecular complexity index is 1730. The third-order valence-electron chi connectivity index (χ3n) is 18.6. The van der Waals surface area contributed by atoms with Gasteiger partial charge in [-0.3, -0.25) is 24.0 Å². The number of unbranched alkanes of at least 4 members (excludes halogenated alkanes) is 1. The van der Waals surface area contributed by atoms with Crippen molar-refractivity contribution in [2.45, 2.75) is 170 Å². The van der Waals surface area contributed by atoms with Gasteiger partial charge in [-0.2, -0.15) is 0 Å². The molecule has 8 aliphatic rings. The highest BCUT2D eigenvalue weighted by Crippen LogP contribution is 2.69. The molecule has 0 aliphatic heterocycles. The zero-order chi connectivity index (χ0) is 41.3. The van der Waals surface area contributed by atoms with Gasteiger partial charge in [-0.1, -0.05) is 59.6 Å². The van der Waals surface area contributed by atoms with Gasteiger partial charge in [-0.05, 0) is 160 Å². The van der Waals surface area contributed by atoms with Crippen LogP contribution in [-0.4, -0.2) is 48.2 Å². The van der Waals surface area contributed by atoms with Gasteiger partial charge in [0, 0.05) is 43.1 Å². The minimum atomic E-state index is -0.280. The molecule has 58 heavy (non-hydrogen) atoms. The third kappa shape index (κ3) is 7.28. The van der Waals surface area contributed by atoms with Crippen molar-refractivity contribution < 1.29 is 33.4 Å². The average molecular weight is 800 g/mol.